The van der Waals surface area contributed by atoms with Crippen molar-refractivity contribution in [2.24, 2.45) is 5.92 Å². The smallest absolute Gasteiger partial charge is 0.225 e. The van der Waals surface area contributed by atoms with Crippen molar-refractivity contribution in [2.45, 2.75) is 52.0 Å². The van der Waals surface area contributed by atoms with Gasteiger partial charge in [-0.25, -0.2) is 4.98 Å². The molecule has 1 aliphatic heterocycles. The summed E-state index contributed by atoms with van der Waals surface area (Å²) in [5, 5.41) is 4.11. The number of hydrogen-bond acceptors (Lipinski definition) is 4. The van der Waals surface area contributed by atoms with Gasteiger partial charge >= 0.3 is 0 Å². The van der Waals surface area contributed by atoms with Crippen LogP contribution in [0.3, 0.4) is 0 Å². The lowest BCUT2D eigenvalue weighted by atomic mass is 10.1. The molecule has 22 heavy (non-hydrogen) atoms. The minimum Gasteiger partial charge on any atom is -0.356 e. The lowest BCUT2D eigenvalue weighted by Gasteiger charge is -2.15. The summed E-state index contributed by atoms with van der Waals surface area (Å²) < 4.78 is 0. The Hall–Kier alpha value is -1.43. The van der Waals surface area contributed by atoms with Gasteiger partial charge in [-0.15, -0.1) is 11.3 Å². The van der Waals surface area contributed by atoms with E-state index in [1.807, 2.05) is 11.8 Å². The zero-order valence-electron chi connectivity index (χ0n) is 13.2. The highest BCUT2D eigenvalue weighted by Gasteiger charge is 2.41. The molecule has 0 bridgehead atoms. The molecule has 0 unspecified atom stereocenters. The summed E-state index contributed by atoms with van der Waals surface area (Å²) >= 11 is 1.73. The number of nitrogens with zero attached hydrogens (tertiary/aromatic N) is 2. The quantitative estimate of drug-likeness (QED) is 0.813. The maximum Gasteiger partial charge on any atom is 0.225 e. The van der Waals surface area contributed by atoms with Crippen LogP contribution in [0.25, 0.3) is 0 Å². The number of carbonyl (C=O) groups is 2. The fourth-order valence-electron chi connectivity index (χ4n) is 2.89. The number of hydrogen-bond donors (Lipinski definition) is 1. The summed E-state index contributed by atoms with van der Waals surface area (Å²) in [5.41, 5.74) is 1.11. The summed E-state index contributed by atoms with van der Waals surface area (Å²) in [4.78, 5) is 31.7. The third-order valence-corrected chi connectivity index (χ3v) is 5.59. The van der Waals surface area contributed by atoms with Crippen LogP contribution in [0, 0.1) is 19.8 Å². The Kier molecular flexibility index (Phi) is 4.47. The maximum atomic E-state index is 12.1. The van der Waals surface area contributed by atoms with Gasteiger partial charge in [-0.3, -0.25) is 9.59 Å². The van der Waals surface area contributed by atoms with Gasteiger partial charge in [0.15, 0.2) is 0 Å². The van der Waals surface area contributed by atoms with Crippen LogP contribution in [0.2, 0.25) is 0 Å². The van der Waals surface area contributed by atoms with E-state index in [1.54, 1.807) is 11.3 Å². The molecule has 1 aromatic rings. The number of rotatable bonds is 6. The molecule has 1 N–H and O–H groups in total. The lowest BCUT2D eigenvalue weighted by Crippen LogP contribution is -2.34. The number of carbonyl (C=O) groups excluding carboxylic acids is 2. The summed E-state index contributed by atoms with van der Waals surface area (Å²) in [6.07, 6.45) is 4.38. The van der Waals surface area contributed by atoms with Crippen LogP contribution in [-0.4, -0.2) is 40.8 Å². The van der Waals surface area contributed by atoms with Gasteiger partial charge in [0.05, 0.1) is 16.6 Å². The third-order valence-electron chi connectivity index (χ3n) is 4.46. The average molecular weight is 321 g/mol. The first-order valence-corrected chi connectivity index (χ1v) is 8.86. The Morgan fingerprint density at radius 2 is 2.18 bits per heavy atom. The lowest BCUT2D eigenvalue weighted by molar-refractivity contribution is -0.129. The summed E-state index contributed by atoms with van der Waals surface area (Å²) in [7, 11) is 0. The Labute approximate surface area is 135 Å². The van der Waals surface area contributed by atoms with Crippen LogP contribution >= 0.6 is 11.3 Å². The van der Waals surface area contributed by atoms with Gasteiger partial charge in [0.25, 0.3) is 0 Å². The van der Waals surface area contributed by atoms with Gasteiger partial charge < -0.3 is 10.2 Å². The predicted octanol–water partition coefficient (Wildman–Crippen LogP) is 1.82. The zero-order chi connectivity index (χ0) is 15.7. The molecule has 1 aromatic heterocycles. The molecule has 1 saturated heterocycles. The summed E-state index contributed by atoms with van der Waals surface area (Å²) in [6, 6.07) is 0.418. The van der Waals surface area contributed by atoms with E-state index < -0.39 is 0 Å². The molecule has 2 fully saturated rings. The molecule has 120 valence electrons. The molecular formula is C16H23N3O2S. The molecular weight excluding hydrogens is 298 g/mol. The average Bonchev–Trinajstić information content (AvgIpc) is 3.17. The fraction of sp³-hybridized carbons (Fsp3) is 0.688. The predicted molar refractivity (Wildman–Crippen MR) is 85.8 cm³/mol. The van der Waals surface area contributed by atoms with Crippen molar-refractivity contribution in [2.75, 3.05) is 13.1 Å². The fourth-order valence-corrected chi connectivity index (χ4v) is 3.86. The van der Waals surface area contributed by atoms with Crippen molar-refractivity contribution < 1.29 is 9.59 Å². The first-order valence-electron chi connectivity index (χ1n) is 8.04. The van der Waals surface area contributed by atoms with Crippen LogP contribution in [0.5, 0.6) is 0 Å². The highest BCUT2D eigenvalue weighted by Crippen LogP contribution is 2.32. The highest BCUT2D eigenvalue weighted by atomic mass is 32.1. The van der Waals surface area contributed by atoms with E-state index in [1.165, 1.54) is 4.88 Å². The van der Waals surface area contributed by atoms with E-state index in [0.717, 1.165) is 36.4 Å². The number of aromatic nitrogens is 1. The minimum absolute atomic E-state index is 0.0306. The van der Waals surface area contributed by atoms with Gasteiger partial charge in [0.1, 0.15) is 0 Å². The SMILES string of the molecule is Cc1nc(CCCNC(=O)[C@H]2CC(=O)N(C3CC3)C2)sc1C. The second kappa shape index (κ2) is 6.36. The highest BCUT2D eigenvalue weighted by molar-refractivity contribution is 7.11. The normalized spacial score (nSPS) is 21.5. The van der Waals surface area contributed by atoms with Crippen LogP contribution in [0.1, 0.15) is 41.3 Å². The van der Waals surface area contributed by atoms with Crippen molar-refractivity contribution in [3.05, 3.63) is 15.6 Å². The largest absolute Gasteiger partial charge is 0.356 e. The minimum atomic E-state index is -0.155. The Balaban J connectivity index is 1.38. The van der Waals surface area contributed by atoms with Crippen molar-refractivity contribution in [3.63, 3.8) is 0 Å². The van der Waals surface area contributed by atoms with E-state index in [9.17, 15) is 9.59 Å². The zero-order valence-corrected chi connectivity index (χ0v) is 14.0. The second-order valence-corrected chi connectivity index (χ2v) is 7.61. The molecule has 1 atom stereocenters. The number of aryl methyl sites for hydroxylation is 3. The number of thiazole rings is 1. The summed E-state index contributed by atoms with van der Waals surface area (Å²) in [6.45, 7) is 5.38. The Bertz CT molecular complexity index is 560. The van der Waals surface area contributed by atoms with Gasteiger partial charge in [0, 0.05) is 36.9 Å². The van der Waals surface area contributed by atoms with Gasteiger partial charge in [0.2, 0.25) is 11.8 Å². The van der Waals surface area contributed by atoms with Crippen molar-refractivity contribution in [3.8, 4) is 0 Å². The van der Waals surface area contributed by atoms with Crippen LogP contribution in [-0.2, 0) is 16.0 Å². The topological polar surface area (TPSA) is 62.3 Å². The second-order valence-electron chi connectivity index (χ2n) is 6.32. The maximum absolute atomic E-state index is 12.1. The molecule has 5 nitrogen and oxygen atoms in total. The Morgan fingerprint density at radius 3 is 2.82 bits per heavy atom. The van der Waals surface area contributed by atoms with Gasteiger partial charge in [-0.2, -0.15) is 0 Å². The van der Waals surface area contributed by atoms with Crippen molar-refractivity contribution in [1.29, 1.82) is 0 Å². The third kappa shape index (κ3) is 3.48. The number of amides is 2. The summed E-state index contributed by atoms with van der Waals surface area (Å²) in [5.74, 6) is 0.0248. The van der Waals surface area contributed by atoms with E-state index >= 15 is 0 Å². The first kappa shape index (κ1) is 15.5. The van der Waals surface area contributed by atoms with E-state index in [-0.39, 0.29) is 17.7 Å². The first-order chi connectivity index (χ1) is 10.5. The van der Waals surface area contributed by atoms with Crippen LogP contribution in [0.15, 0.2) is 0 Å². The molecule has 1 saturated carbocycles. The molecule has 2 heterocycles. The molecule has 2 amide bonds. The van der Waals surface area contributed by atoms with Gasteiger partial charge in [-0.1, -0.05) is 0 Å². The van der Waals surface area contributed by atoms with E-state index in [2.05, 4.69) is 17.2 Å². The molecule has 6 heteroatoms. The van der Waals surface area contributed by atoms with Crippen LogP contribution < -0.4 is 5.32 Å². The standard InChI is InChI=1S/C16H23N3O2S/c1-10-11(2)22-14(18-10)4-3-7-17-16(21)12-8-15(20)19(9-12)13-5-6-13/h12-13H,3-9H2,1-2H3,(H,17,21)/t12-/m0/s1. The van der Waals surface area contributed by atoms with E-state index in [0.29, 0.717) is 25.6 Å². The molecule has 1 aliphatic carbocycles. The molecule has 0 spiro atoms. The van der Waals surface area contributed by atoms with Crippen LogP contribution in [0.4, 0.5) is 0 Å². The molecule has 0 radical (unpaired) electrons. The number of nitrogens with one attached hydrogen (secondary N) is 1. The molecule has 2 aliphatic rings. The van der Waals surface area contributed by atoms with E-state index in [4.69, 9.17) is 0 Å². The molecule has 0 aromatic carbocycles. The Morgan fingerprint density at radius 1 is 1.41 bits per heavy atom. The van der Waals surface area contributed by atoms with Crippen molar-refractivity contribution in [1.82, 2.24) is 15.2 Å². The molecule has 3 rings (SSSR count). The van der Waals surface area contributed by atoms with Gasteiger partial charge in [-0.05, 0) is 33.1 Å². The number of likely N-dealkylation sites (tertiary alicyclic amines) is 1. The van der Waals surface area contributed by atoms with Crippen molar-refractivity contribution >= 4 is 23.2 Å². The monoisotopic (exact) mass is 321 g/mol.